The normalized spacial score (nSPS) is 21.6. The summed E-state index contributed by atoms with van der Waals surface area (Å²) in [4.78, 5) is 10.9. The van der Waals surface area contributed by atoms with Gasteiger partial charge in [-0.05, 0) is 23.8 Å². The predicted molar refractivity (Wildman–Crippen MR) is 58.1 cm³/mol. The van der Waals surface area contributed by atoms with E-state index in [1.807, 2.05) is 0 Å². The molecule has 1 fully saturated rings. The molecule has 0 spiro atoms. The molecule has 2 nitrogen and oxygen atoms in total. The maximum Gasteiger partial charge on any atom is 0.256 e. The number of hydrogen-bond acceptors (Lipinski definition) is 1. The van der Waals surface area contributed by atoms with Gasteiger partial charge in [0.2, 0.25) is 5.91 Å². The Balaban J connectivity index is 2.34. The smallest absolute Gasteiger partial charge is 0.256 e. The Bertz CT molecular complexity index is 448. The molecular formula is C11H10ClF2NO. The molecule has 1 unspecified atom stereocenters. The highest BCUT2D eigenvalue weighted by molar-refractivity contribution is 6.30. The quantitative estimate of drug-likeness (QED) is 0.850. The third-order valence-electron chi connectivity index (χ3n) is 2.53. The molecule has 1 aliphatic rings. The van der Waals surface area contributed by atoms with Crippen LogP contribution in [0.15, 0.2) is 18.2 Å². The molecule has 0 aromatic heterocycles. The summed E-state index contributed by atoms with van der Waals surface area (Å²) in [7, 11) is 0. The van der Waals surface area contributed by atoms with Crippen LogP contribution in [0.5, 0.6) is 0 Å². The molecule has 1 aromatic carbocycles. The first-order valence-electron chi connectivity index (χ1n) is 4.85. The van der Waals surface area contributed by atoms with Gasteiger partial charge in [0.05, 0.1) is 5.92 Å². The first-order valence-corrected chi connectivity index (χ1v) is 5.23. The standard InChI is InChI=1S/C11H10ClF2NO/c1-6(16)15-10-3-2-7(12)4-8(10)9-5-11(9,13)14/h2-4,9H,5H2,1H3,(H,15,16). The zero-order chi connectivity index (χ0) is 11.9. The fourth-order valence-corrected chi connectivity index (χ4v) is 1.86. The van der Waals surface area contributed by atoms with Crippen LogP contribution < -0.4 is 5.32 Å². The molecular weight excluding hydrogens is 236 g/mol. The maximum atomic E-state index is 13.0. The molecule has 1 atom stereocenters. The molecule has 86 valence electrons. The van der Waals surface area contributed by atoms with Crippen molar-refractivity contribution >= 4 is 23.2 Å². The number of anilines is 1. The molecule has 16 heavy (non-hydrogen) atoms. The lowest BCUT2D eigenvalue weighted by atomic mass is 10.1. The Morgan fingerprint density at radius 3 is 2.69 bits per heavy atom. The van der Waals surface area contributed by atoms with Crippen molar-refractivity contribution in [3.63, 3.8) is 0 Å². The van der Waals surface area contributed by atoms with Crippen LogP contribution in [0.4, 0.5) is 14.5 Å². The minimum atomic E-state index is -2.67. The first kappa shape index (κ1) is 11.3. The van der Waals surface area contributed by atoms with Crippen LogP contribution in [-0.4, -0.2) is 11.8 Å². The van der Waals surface area contributed by atoms with Gasteiger partial charge >= 0.3 is 0 Å². The highest BCUT2D eigenvalue weighted by atomic mass is 35.5. The summed E-state index contributed by atoms with van der Waals surface area (Å²) in [5.41, 5.74) is 0.826. The second-order valence-corrected chi connectivity index (χ2v) is 4.37. The highest BCUT2D eigenvalue weighted by Gasteiger charge is 2.58. The third kappa shape index (κ3) is 2.16. The minimum Gasteiger partial charge on any atom is -0.326 e. The fourth-order valence-electron chi connectivity index (χ4n) is 1.68. The molecule has 1 aromatic rings. The van der Waals surface area contributed by atoms with E-state index < -0.39 is 11.8 Å². The van der Waals surface area contributed by atoms with Crippen LogP contribution >= 0.6 is 11.6 Å². The first-order chi connectivity index (χ1) is 7.40. The molecule has 0 heterocycles. The zero-order valence-electron chi connectivity index (χ0n) is 8.56. The number of benzene rings is 1. The van der Waals surface area contributed by atoms with Crippen molar-refractivity contribution in [2.75, 3.05) is 5.32 Å². The average molecular weight is 246 g/mol. The van der Waals surface area contributed by atoms with Crippen LogP contribution in [-0.2, 0) is 4.79 Å². The number of carbonyl (C=O) groups excluding carboxylic acids is 1. The van der Waals surface area contributed by atoms with E-state index in [2.05, 4.69) is 5.32 Å². The fraction of sp³-hybridized carbons (Fsp3) is 0.364. The van der Waals surface area contributed by atoms with E-state index in [0.29, 0.717) is 16.3 Å². The summed E-state index contributed by atoms with van der Waals surface area (Å²) in [5, 5.41) is 2.92. The molecule has 1 saturated carbocycles. The van der Waals surface area contributed by atoms with Crippen molar-refractivity contribution in [2.45, 2.75) is 25.2 Å². The summed E-state index contributed by atoms with van der Waals surface area (Å²) in [5.74, 6) is -3.78. The largest absolute Gasteiger partial charge is 0.326 e. The summed E-state index contributed by atoms with van der Waals surface area (Å²) in [6.07, 6.45) is -0.181. The summed E-state index contributed by atoms with van der Waals surface area (Å²) in [6.45, 7) is 1.34. The molecule has 0 saturated heterocycles. The molecule has 0 aliphatic heterocycles. The van der Waals surface area contributed by atoms with E-state index in [0.717, 1.165) is 0 Å². The van der Waals surface area contributed by atoms with Crippen molar-refractivity contribution in [2.24, 2.45) is 0 Å². The van der Waals surface area contributed by atoms with Crippen molar-refractivity contribution < 1.29 is 13.6 Å². The van der Waals surface area contributed by atoms with E-state index >= 15 is 0 Å². The lowest BCUT2D eigenvalue weighted by Crippen LogP contribution is -2.08. The zero-order valence-corrected chi connectivity index (χ0v) is 9.31. The van der Waals surface area contributed by atoms with Crippen LogP contribution in [0.25, 0.3) is 0 Å². The van der Waals surface area contributed by atoms with Crippen LogP contribution in [0.3, 0.4) is 0 Å². The molecule has 5 heteroatoms. The summed E-state index contributed by atoms with van der Waals surface area (Å²) in [6, 6.07) is 4.60. The predicted octanol–water partition coefficient (Wildman–Crippen LogP) is 3.42. The average Bonchev–Trinajstić information content (AvgIpc) is 2.77. The Kier molecular flexibility index (Phi) is 2.62. The molecule has 1 N–H and O–H groups in total. The number of hydrogen-bond donors (Lipinski definition) is 1. The summed E-state index contributed by atoms with van der Waals surface area (Å²) >= 11 is 5.76. The van der Waals surface area contributed by atoms with E-state index in [-0.39, 0.29) is 12.3 Å². The second-order valence-electron chi connectivity index (χ2n) is 3.93. The lowest BCUT2D eigenvalue weighted by molar-refractivity contribution is -0.114. The lowest BCUT2D eigenvalue weighted by Gasteiger charge is -2.09. The number of amides is 1. The van der Waals surface area contributed by atoms with E-state index in [1.165, 1.54) is 13.0 Å². The second kappa shape index (κ2) is 3.70. The molecule has 1 aliphatic carbocycles. The van der Waals surface area contributed by atoms with Gasteiger partial charge in [0.1, 0.15) is 0 Å². The van der Waals surface area contributed by atoms with Gasteiger partial charge in [-0.25, -0.2) is 8.78 Å². The van der Waals surface area contributed by atoms with Gasteiger partial charge in [-0.2, -0.15) is 0 Å². The Labute approximate surface area is 96.6 Å². The van der Waals surface area contributed by atoms with E-state index in [9.17, 15) is 13.6 Å². The maximum absolute atomic E-state index is 13.0. The molecule has 0 bridgehead atoms. The topological polar surface area (TPSA) is 29.1 Å². The van der Waals surface area contributed by atoms with Crippen molar-refractivity contribution in [3.8, 4) is 0 Å². The Morgan fingerprint density at radius 1 is 1.56 bits per heavy atom. The van der Waals surface area contributed by atoms with Gasteiger partial charge in [-0.1, -0.05) is 11.6 Å². The molecule has 2 rings (SSSR count). The number of alkyl halides is 2. The van der Waals surface area contributed by atoms with Crippen LogP contribution in [0.2, 0.25) is 5.02 Å². The van der Waals surface area contributed by atoms with Gasteiger partial charge in [0.15, 0.2) is 0 Å². The van der Waals surface area contributed by atoms with E-state index in [4.69, 9.17) is 11.6 Å². The van der Waals surface area contributed by atoms with Crippen LogP contribution in [0.1, 0.15) is 24.8 Å². The van der Waals surface area contributed by atoms with Gasteiger partial charge < -0.3 is 5.32 Å². The highest BCUT2D eigenvalue weighted by Crippen LogP contribution is 2.57. The van der Waals surface area contributed by atoms with Gasteiger partial charge in [-0.15, -0.1) is 0 Å². The molecule has 1 amide bonds. The SMILES string of the molecule is CC(=O)Nc1ccc(Cl)cc1C1CC1(F)F. The third-order valence-corrected chi connectivity index (χ3v) is 2.76. The van der Waals surface area contributed by atoms with E-state index in [1.54, 1.807) is 12.1 Å². The number of rotatable bonds is 2. The Hall–Kier alpha value is -1.16. The Morgan fingerprint density at radius 2 is 2.19 bits per heavy atom. The number of nitrogens with one attached hydrogen (secondary N) is 1. The van der Waals surface area contributed by atoms with Crippen molar-refractivity contribution in [1.29, 1.82) is 0 Å². The molecule has 0 radical (unpaired) electrons. The van der Waals surface area contributed by atoms with Crippen LogP contribution in [0, 0.1) is 0 Å². The monoisotopic (exact) mass is 245 g/mol. The minimum absolute atomic E-state index is 0.181. The number of carbonyl (C=O) groups is 1. The van der Waals surface area contributed by atoms with Crippen molar-refractivity contribution in [3.05, 3.63) is 28.8 Å². The summed E-state index contributed by atoms with van der Waals surface area (Å²) < 4.78 is 26.0. The number of halogens is 3. The van der Waals surface area contributed by atoms with Crippen molar-refractivity contribution in [1.82, 2.24) is 0 Å². The van der Waals surface area contributed by atoms with Gasteiger partial charge in [0.25, 0.3) is 5.92 Å². The van der Waals surface area contributed by atoms with Gasteiger partial charge in [0, 0.05) is 24.1 Å². The van der Waals surface area contributed by atoms with Gasteiger partial charge in [-0.3, -0.25) is 4.79 Å².